The first-order valence-electron chi connectivity index (χ1n) is 8.22. The molecule has 0 aliphatic carbocycles. The van der Waals surface area contributed by atoms with Gasteiger partial charge in [0, 0.05) is 0 Å². The molecular weight excluding hydrogens is 325 g/mol. The van der Waals surface area contributed by atoms with E-state index < -0.39 is 7.26 Å². The molecule has 3 aromatic carbocycles. The zero-order valence-electron chi connectivity index (χ0n) is 14.0. The Morgan fingerprint density at radius 3 is 1.84 bits per heavy atom. The average Bonchev–Trinajstić information content (AvgIpc) is 3.23. The van der Waals surface area contributed by atoms with Crippen LogP contribution in [0.25, 0.3) is 5.69 Å². The van der Waals surface area contributed by atoms with Gasteiger partial charge in [-0.3, -0.25) is 0 Å². The van der Waals surface area contributed by atoms with Gasteiger partial charge in [-0.15, -0.1) is 0 Å². The van der Waals surface area contributed by atoms with Gasteiger partial charge in [0.15, 0.2) is 0 Å². The van der Waals surface area contributed by atoms with Gasteiger partial charge in [0.1, 0.15) is 41.5 Å². The smallest absolute Gasteiger partial charge is 0.138 e. The van der Waals surface area contributed by atoms with Crippen molar-refractivity contribution in [2.75, 3.05) is 6.66 Å². The third kappa shape index (κ3) is 2.77. The van der Waals surface area contributed by atoms with Crippen molar-refractivity contribution < 1.29 is 0 Å². The number of para-hydroxylation sites is 1. The first-order valence-corrected chi connectivity index (χ1v) is 10.5. The molecule has 122 valence electrons. The van der Waals surface area contributed by atoms with Crippen molar-refractivity contribution in [3.63, 3.8) is 0 Å². The fourth-order valence-electron chi connectivity index (χ4n) is 3.25. The molecule has 25 heavy (non-hydrogen) atoms. The van der Waals surface area contributed by atoms with Crippen LogP contribution in [-0.4, -0.2) is 21.4 Å². The number of hydrogen-bond acceptors (Lipinski definition) is 2. The summed E-state index contributed by atoms with van der Waals surface area (Å²) in [5, 5.41) is 8.39. The van der Waals surface area contributed by atoms with E-state index >= 15 is 0 Å². The second-order valence-electron chi connectivity index (χ2n) is 6.01. The zero-order valence-corrected chi connectivity index (χ0v) is 14.9. The SMILES string of the molecule is C[P+](c1ccccc1)(c1ccccc1)c1ccccc1-n1cncn1. The topological polar surface area (TPSA) is 30.7 Å². The lowest BCUT2D eigenvalue weighted by Gasteiger charge is -2.25. The molecule has 4 aromatic rings. The summed E-state index contributed by atoms with van der Waals surface area (Å²) in [7, 11) is -1.79. The van der Waals surface area contributed by atoms with Gasteiger partial charge in [-0.25, -0.2) is 9.67 Å². The summed E-state index contributed by atoms with van der Waals surface area (Å²) in [5.41, 5.74) is 1.09. The Kier molecular flexibility index (Phi) is 4.17. The zero-order chi connectivity index (χ0) is 17.1. The van der Waals surface area contributed by atoms with Gasteiger partial charge < -0.3 is 0 Å². The van der Waals surface area contributed by atoms with Crippen LogP contribution in [0.4, 0.5) is 0 Å². The maximum atomic E-state index is 4.37. The Morgan fingerprint density at radius 2 is 1.28 bits per heavy atom. The predicted octanol–water partition coefficient (Wildman–Crippen LogP) is 3.19. The second-order valence-corrected chi connectivity index (χ2v) is 9.53. The Bertz CT molecular complexity index is 911. The van der Waals surface area contributed by atoms with Crippen molar-refractivity contribution in [1.29, 1.82) is 0 Å². The molecule has 0 N–H and O–H groups in total. The summed E-state index contributed by atoms with van der Waals surface area (Å²) in [5.74, 6) is 0. The third-order valence-corrected chi connectivity index (χ3v) is 8.58. The maximum Gasteiger partial charge on any atom is 0.138 e. The number of benzene rings is 3. The van der Waals surface area contributed by atoms with Crippen molar-refractivity contribution in [3.8, 4) is 5.69 Å². The number of rotatable bonds is 4. The molecule has 0 bridgehead atoms. The lowest BCUT2D eigenvalue weighted by Crippen LogP contribution is -2.32. The molecule has 4 rings (SSSR count). The third-order valence-electron chi connectivity index (χ3n) is 4.57. The second kappa shape index (κ2) is 6.62. The lowest BCUT2D eigenvalue weighted by molar-refractivity contribution is 0.884. The van der Waals surface area contributed by atoms with Gasteiger partial charge in [-0.05, 0) is 36.4 Å². The quantitative estimate of drug-likeness (QED) is 0.532. The van der Waals surface area contributed by atoms with Crippen LogP contribution < -0.4 is 15.9 Å². The minimum Gasteiger partial charge on any atom is -0.223 e. The Balaban J connectivity index is 2.01. The largest absolute Gasteiger partial charge is 0.223 e. The highest BCUT2D eigenvalue weighted by Crippen LogP contribution is 2.52. The molecule has 0 spiro atoms. The molecule has 0 aliphatic heterocycles. The van der Waals surface area contributed by atoms with Crippen LogP contribution in [0.15, 0.2) is 97.6 Å². The van der Waals surface area contributed by atoms with Crippen LogP contribution in [0.1, 0.15) is 0 Å². The molecule has 0 amide bonds. The van der Waals surface area contributed by atoms with Gasteiger partial charge in [-0.2, -0.15) is 5.10 Å². The summed E-state index contributed by atoms with van der Waals surface area (Å²) in [6.45, 7) is 2.38. The fourth-order valence-corrected chi connectivity index (χ4v) is 6.66. The Morgan fingerprint density at radius 1 is 0.720 bits per heavy atom. The highest BCUT2D eigenvalue weighted by Gasteiger charge is 2.42. The monoisotopic (exact) mass is 344 g/mol. The Labute approximate surface area is 148 Å². The van der Waals surface area contributed by atoms with Gasteiger partial charge in [0.05, 0.1) is 6.66 Å². The van der Waals surface area contributed by atoms with Gasteiger partial charge in [-0.1, -0.05) is 48.5 Å². The minimum atomic E-state index is -1.79. The van der Waals surface area contributed by atoms with E-state index in [1.807, 2.05) is 4.68 Å². The molecule has 4 heteroatoms. The van der Waals surface area contributed by atoms with Crippen molar-refractivity contribution >= 4 is 23.2 Å². The average molecular weight is 344 g/mol. The summed E-state index contributed by atoms with van der Waals surface area (Å²) in [6.07, 6.45) is 3.34. The Hall–Kier alpha value is -2.77. The van der Waals surface area contributed by atoms with Crippen molar-refractivity contribution in [2.45, 2.75) is 0 Å². The molecule has 1 heterocycles. The number of hydrogen-bond donors (Lipinski definition) is 0. The highest BCUT2D eigenvalue weighted by atomic mass is 31.2. The summed E-state index contributed by atoms with van der Waals surface area (Å²) < 4.78 is 1.86. The van der Waals surface area contributed by atoms with E-state index in [1.165, 1.54) is 15.9 Å². The first kappa shape index (κ1) is 15.7. The highest BCUT2D eigenvalue weighted by molar-refractivity contribution is 7.95. The van der Waals surface area contributed by atoms with Gasteiger partial charge >= 0.3 is 0 Å². The van der Waals surface area contributed by atoms with E-state index in [0.29, 0.717) is 0 Å². The molecule has 0 saturated carbocycles. The van der Waals surface area contributed by atoms with Crippen LogP contribution in [0.5, 0.6) is 0 Å². The van der Waals surface area contributed by atoms with E-state index in [2.05, 4.69) is 102 Å². The van der Waals surface area contributed by atoms with Crippen LogP contribution >= 0.6 is 7.26 Å². The van der Waals surface area contributed by atoms with E-state index in [1.54, 1.807) is 12.7 Å². The first-order chi connectivity index (χ1) is 12.3. The molecule has 3 nitrogen and oxygen atoms in total. The molecular formula is C21H19N3P+. The van der Waals surface area contributed by atoms with Gasteiger partial charge in [0.25, 0.3) is 0 Å². The van der Waals surface area contributed by atoms with Crippen LogP contribution in [0.2, 0.25) is 0 Å². The minimum absolute atomic E-state index is 1.09. The van der Waals surface area contributed by atoms with E-state index in [0.717, 1.165) is 5.69 Å². The molecule has 0 fully saturated rings. The number of aromatic nitrogens is 3. The molecule has 0 unspecified atom stereocenters. The maximum absolute atomic E-state index is 4.37. The molecule has 0 radical (unpaired) electrons. The summed E-state index contributed by atoms with van der Waals surface area (Å²) in [6, 6.07) is 30.1. The van der Waals surface area contributed by atoms with E-state index in [9.17, 15) is 0 Å². The van der Waals surface area contributed by atoms with Crippen LogP contribution in [-0.2, 0) is 0 Å². The summed E-state index contributed by atoms with van der Waals surface area (Å²) in [4.78, 5) is 4.13. The molecule has 0 saturated heterocycles. The van der Waals surface area contributed by atoms with E-state index in [-0.39, 0.29) is 0 Å². The predicted molar refractivity (Wildman–Crippen MR) is 106 cm³/mol. The lowest BCUT2D eigenvalue weighted by atomic mass is 10.3. The summed E-state index contributed by atoms with van der Waals surface area (Å²) >= 11 is 0. The van der Waals surface area contributed by atoms with Crippen molar-refractivity contribution in [2.24, 2.45) is 0 Å². The van der Waals surface area contributed by atoms with Crippen LogP contribution in [0, 0.1) is 0 Å². The van der Waals surface area contributed by atoms with Gasteiger partial charge in [0.2, 0.25) is 0 Å². The molecule has 1 aromatic heterocycles. The standard InChI is InChI=1S/C21H19N3P/c1-25(18-10-4-2-5-11-18,19-12-6-3-7-13-19)21-15-9-8-14-20(21)24-17-22-16-23-24/h2-17H,1H3/q+1. The van der Waals surface area contributed by atoms with Crippen LogP contribution in [0.3, 0.4) is 0 Å². The van der Waals surface area contributed by atoms with E-state index in [4.69, 9.17) is 0 Å². The van der Waals surface area contributed by atoms with Crippen molar-refractivity contribution in [3.05, 3.63) is 97.6 Å². The normalized spacial score (nSPS) is 11.4. The molecule has 0 aliphatic rings. The number of nitrogens with zero attached hydrogens (tertiary/aromatic N) is 3. The fraction of sp³-hybridized carbons (Fsp3) is 0.0476. The molecule has 0 atom stereocenters. The van der Waals surface area contributed by atoms with Crippen molar-refractivity contribution in [1.82, 2.24) is 14.8 Å².